The molecular formula is C10H15NO5. The van der Waals surface area contributed by atoms with Crippen LogP contribution in [0.1, 0.15) is 20.3 Å². The van der Waals surface area contributed by atoms with Crippen LogP contribution >= 0.6 is 0 Å². The van der Waals surface area contributed by atoms with Crippen molar-refractivity contribution in [2.24, 2.45) is 17.3 Å². The second kappa shape index (κ2) is 4.11. The number of aliphatic carboxylic acids is 2. The highest BCUT2D eigenvalue weighted by Gasteiger charge is 2.65. The standard InChI is InChI=1S/C10H15NO5/c1-10(2)6(7(10)9(15)16)8(14)11-4-3-5(12)13/h6-7H,3-4H2,1-2H3,(H,11,14)(H,12,13)(H,15,16)/t6-,7+/m1/s1. The normalized spacial score (nSPS) is 25.9. The van der Waals surface area contributed by atoms with Gasteiger partial charge in [-0.25, -0.2) is 0 Å². The minimum Gasteiger partial charge on any atom is -0.481 e. The summed E-state index contributed by atoms with van der Waals surface area (Å²) in [7, 11) is 0. The van der Waals surface area contributed by atoms with Crippen molar-refractivity contribution in [2.75, 3.05) is 6.54 Å². The van der Waals surface area contributed by atoms with Crippen LogP contribution in [0.2, 0.25) is 0 Å². The van der Waals surface area contributed by atoms with Crippen LogP contribution in [-0.4, -0.2) is 34.6 Å². The van der Waals surface area contributed by atoms with E-state index < -0.39 is 29.2 Å². The second-order valence-electron chi connectivity index (χ2n) is 4.55. The monoisotopic (exact) mass is 229 g/mol. The summed E-state index contributed by atoms with van der Waals surface area (Å²) in [6.07, 6.45) is -0.156. The lowest BCUT2D eigenvalue weighted by atomic mass is 10.1. The Balaban J connectivity index is 2.45. The Labute approximate surface area is 92.6 Å². The number of carbonyl (C=O) groups is 3. The minimum atomic E-state index is -0.995. The molecule has 6 nitrogen and oxygen atoms in total. The van der Waals surface area contributed by atoms with Crippen molar-refractivity contribution in [1.29, 1.82) is 0 Å². The molecule has 1 fully saturated rings. The molecule has 0 aromatic heterocycles. The maximum atomic E-state index is 11.5. The van der Waals surface area contributed by atoms with E-state index >= 15 is 0 Å². The molecule has 0 bridgehead atoms. The smallest absolute Gasteiger partial charge is 0.307 e. The zero-order valence-corrected chi connectivity index (χ0v) is 9.19. The van der Waals surface area contributed by atoms with E-state index in [1.54, 1.807) is 13.8 Å². The first-order chi connectivity index (χ1) is 7.28. The molecule has 0 aliphatic heterocycles. The summed E-state index contributed by atoms with van der Waals surface area (Å²) in [6, 6.07) is 0. The van der Waals surface area contributed by atoms with Crippen LogP contribution in [0.25, 0.3) is 0 Å². The highest BCUT2D eigenvalue weighted by molar-refractivity contribution is 5.91. The molecule has 0 saturated heterocycles. The topological polar surface area (TPSA) is 104 Å². The molecule has 1 amide bonds. The number of hydrogen-bond acceptors (Lipinski definition) is 3. The third kappa shape index (κ3) is 2.32. The zero-order chi connectivity index (χ0) is 12.5. The SMILES string of the molecule is CC1(C)[C@H](C(=O)O)[C@@H]1C(=O)NCCC(=O)O. The molecule has 90 valence electrons. The Kier molecular flexibility index (Phi) is 3.21. The molecule has 16 heavy (non-hydrogen) atoms. The first kappa shape index (κ1) is 12.5. The van der Waals surface area contributed by atoms with E-state index in [4.69, 9.17) is 10.2 Å². The summed E-state index contributed by atoms with van der Waals surface area (Å²) in [4.78, 5) is 32.6. The van der Waals surface area contributed by atoms with Crippen LogP contribution in [0.4, 0.5) is 0 Å². The van der Waals surface area contributed by atoms with E-state index in [-0.39, 0.29) is 18.9 Å². The number of carboxylic acids is 2. The average molecular weight is 229 g/mol. The van der Waals surface area contributed by atoms with E-state index in [1.807, 2.05) is 0 Å². The number of hydrogen-bond donors (Lipinski definition) is 3. The van der Waals surface area contributed by atoms with Crippen molar-refractivity contribution >= 4 is 17.8 Å². The van der Waals surface area contributed by atoms with Gasteiger partial charge in [-0.2, -0.15) is 0 Å². The minimum absolute atomic E-state index is 0.0348. The molecule has 0 radical (unpaired) electrons. The summed E-state index contributed by atoms with van der Waals surface area (Å²) in [6.45, 7) is 3.47. The highest BCUT2D eigenvalue weighted by Crippen LogP contribution is 2.58. The molecule has 1 aliphatic carbocycles. The summed E-state index contributed by atoms with van der Waals surface area (Å²) < 4.78 is 0. The van der Waals surface area contributed by atoms with Crippen molar-refractivity contribution in [3.05, 3.63) is 0 Å². The van der Waals surface area contributed by atoms with Gasteiger partial charge in [0.05, 0.1) is 18.3 Å². The van der Waals surface area contributed by atoms with Crippen LogP contribution in [-0.2, 0) is 14.4 Å². The first-order valence-electron chi connectivity index (χ1n) is 5.00. The van der Waals surface area contributed by atoms with Crippen molar-refractivity contribution < 1.29 is 24.6 Å². The molecular weight excluding hydrogens is 214 g/mol. The van der Waals surface area contributed by atoms with Gasteiger partial charge in [-0.1, -0.05) is 13.8 Å². The van der Waals surface area contributed by atoms with E-state index in [9.17, 15) is 14.4 Å². The number of carboxylic acid groups (broad SMARTS) is 2. The van der Waals surface area contributed by atoms with Gasteiger partial charge in [0, 0.05) is 6.54 Å². The highest BCUT2D eigenvalue weighted by atomic mass is 16.4. The Bertz CT molecular complexity index is 336. The van der Waals surface area contributed by atoms with E-state index in [0.717, 1.165) is 0 Å². The molecule has 3 N–H and O–H groups in total. The predicted octanol–water partition coefficient (Wildman–Crippen LogP) is -0.0659. The average Bonchev–Trinajstić information content (AvgIpc) is 2.68. The number of rotatable bonds is 5. The molecule has 2 atom stereocenters. The Morgan fingerprint density at radius 1 is 1.19 bits per heavy atom. The van der Waals surface area contributed by atoms with Crippen LogP contribution in [0, 0.1) is 17.3 Å². The molecule has 6 heteroatoms. The lowest BCUT2D eigenvalue weighted by molar-refractivity contribution is -0.141. The van der Waals surface area contributed by atoms with Gasteiger partial charge in [-0.05, 0) is 5.41 Å². The van der Waals surface area contributed by atoms with Crippen LogP contribution in [0.15, 0.2) is 0 Å². The van der Waals surface area contributed by atoms with Gasteiger partial charge in [0.1, 0.15) is 0 Å². The maximum absolute atomic E-state index is 11.5. The van der Waals surface area contributed by atoms with Crippen molar-refractivity contribution in [3.63, 3.8) is 0 Å². The van der Waals surface area contributed by atoms with Gasteiger partial charge in [-0.3, -0.25) is 14.4 Å². The van der Waals surface area contributed by atoms with Gasteiger partial charge >= 0.3 is 11.9 Å². The van der Waals surface area contributed by atoms with Crippen molar-refractivity contribution in [1.82, 2.24) is 5.32 Å². The first-order valence-corrected chi connectivity index (χ1v) is 5.00. The van der Waals surface area contributed by atoms with E-state index in [2.05, 4.69) is 5.32 Å². The molecule has 0 heterocycles. The van der Waals surface area contributed by atoms with Gasteiger partial charge in [0.15, 0.2) is 0 Å². The summed E-state index contributed by atoms with van der Waals surface area (Å²) in [5, 5.41) is 19.7. The fourth-order valence-corrected chi connectivity index (χ4v) is 1.99. The second-order valence-corrected chi connectivity index (χ2v) is 4.55. The molecule has 0 aromatic carbocycles. The zero-order valence-electron chi connectivity index (χ0n) is 9.19. The van der Waals surface area contributed by atoms with Crippen LogP contribution in [0.3, 0.4) is 0 Å². The summed E-state index contributed by atoms with van der Waals surface area (Å²) in [5.74, 6) is -3.58. The quantitative estimate of drug-likeness (QED) is 0.612. The fraction of sp³-hybridized carbons (Fsp3) is 0.700. The maximum Gasteiger partial charge on any atom is 0.307 e. The lowest BCUT2D eigenvalue weighted by Gasteiger charge is -2.03. The molecule has 1 saturated carbocycles. The summed E-state index contributed by atoms with van der Waals surface area (Å²) >= 11 is 0. The Morgan fingerprint density at radius 3 is 2.12 bits per heavy atom. The predicted molar refractivity (Wildman–Crippen MR) is 53.7 cm³/mol. The van der Waals surface area contributed by atoms with Crippen molar-refractivity contribution in [2.45, 2.75) is 20.3 Å². The van der Waals surface area contributed by atoms with Crippen LogP contribution < -0.4 is 5.32 Å². The van der Waals surface area contributed by atoms with Gasteiger partial charge < -0.3 is 15.5 Å². The van der Waals surface area contributed by atoms with Crippen LogP contribution in [0.5, 0.6) is 0 Å². The lowest BCUT2D eigenvalue weighted by Crippen LogP contribution is -2.29. The molecule has 0 aromatic rings. The van der Waals surface area contributed by atoms with E-state index in [0.29, 0.717) is 0 Å². The van der Waals surface area contributed by atoms with Gasteiger partial charge in [0.25, 0.3) is 0 Å². The molecule has 0 unspecified atom stereocenters. The molecule has 1 aliphatic rings. The number of amides is 1. The molecule has 1 rings (SSSR count). The largest absolute Gasteiger partial charge is 0.481 e. The van der Waals surface area contributed by atoms with E-state index in [1.165, 1.54) is 0 Å². The fourth-order valence-electron chi connectivity index (χ4n) is 1.99. The van der Waals surface area contributed by atoms with Gasteiger partial charge in [0.2, 0.25) is 5.91 Å². The van der Waals surface area contributed by atoms with Gasteiger partial charge in [-0.15, -0.1) is 0 Å². The third-order valence-electron chi connectivity index (χ3n) is 3.01. The Hall–Kier alpha value is -1.59. The summed E-state index contributed by atoms with van der Waals surface area (Å²) in [5.41, 5.74) is -0.543. The number of nitrogens with one attached hydrogen (secondary N) is 1. The Morgan fingerprint density at radius 2 is 1.75 bits per heavy atom. The van der Waals surface area contributed by atoms with Crippen molar-refractivity contribution in [3.8, 4) is 0 Å². The molecule has 0 spiro atoms. The third-order valence-corrected chi connectivity index (χ3v) is 3.01. The number of carbonyl (C=O) groups excluding carboxylic acids is 1.